The van der Waals surface area contributed by atoms with Crippen LogP contribution in [0.3, 0.4) is 0 Å². The topological polar surface area (TPSA) is 78.9 Å². The molecule has 1 unspecified atom stereocenters. The molecule has 5 nitrogen and oxygen atoms in total. The van der Waals surface area contributed by atoms with Crippen molar-refractivity contribution in [2.24, 2.45) is 0 Å². The lowest BCUT2D eigenvalue weighted by Gasteiger charge is -2.14. The zero-order valence-corrected chi connectivity index (χ0v) is 13.1. The highest BCUT2D eigenvalue weighted by molar-refractivity contribution is 6.06. The van der Waals surface area contributed by atoms with E-state index in [1.165, 1.54) is 35.0 Å². The van der Waals surface area contributed by atoms with E-state index in [1.54, 1.807) is 30.5 Å². The Hall–Kier alpha value is -3.30. The van der Waals surface area contributed by atoms with E-state index in [2.05, 4.69) is 4.98 Å². The summed E-state index contributed by atoms with van der Waals surface area (Å²) in [7, 11) is 0. The number of aliphatic hydroxyl groups excluding tert-OH is 1. The minimum atomic E-state index is -0.901. The van der Waals surface area contributed by atoms with Crippen LogP contribution in [0.4, 0.5) is 4.39 Å². The molecule has 0 amide bonds. The van der Waals surface area contributed by atoms with Gasteiger partial charge in [0.2, 0.25) is 5.78 Å². The summed E-state index contributed by atoms with van der Waals surface area (Å²) >= 11 is 0. The Bertz CT molecular complexity index is 942. The minimum absolute atomic E-state index is 0.108. The number of halogens is 1. The molecule has 1 heterocycles. The van der Waals surface area contributed by atoms with E-state index in [0.29, 0.717) is 16.7 Å². The summed E-state index contributed by atoms with van der Waals surface area (Å²) in [5.74, 6) is -0.627. The highest BCUT2D eigenvalue weighted by Crippen LogP contribution is 2.18. The normalized spacial score (nSPS) is 11.7. The van der Waals surface area contributed by atoms with Gasteiger partial charge in [-0.2, -0.15) is 5.26 Å². The number of nitrogens with zero attached hydrogens (tertiary/aromatic N) is 3. The summed E-state index contributed by atoms with van der Waals surface area (Å²) in [6.45, 7) is 0.108. The molecule has 0 saturated carbocycles. The first-order chi connectivity index (χ1) is 12.1. The third-order valence-electron chi connectivity index (χ3n) is 3.80. The molecular weight excluding hydrogens is 321 g/mol. The first kappa shape index (κ1) is 16.6. The number of aliphatic hydroxyl groups is 1. The number of carbonyl (C=O) groups excluding carboxylic acids is 1. The van der Waals surface area contributed by atoms with Crippen molar-refractivity contribution in [1.82, 2.24) is 9.55 Å². The maximum atomic E-state index is 13.0. The summed E-state index contributed by atoms with van der Waals surface area (Å²) in [5, 5.41) is 19.4. The van der Waals surface area contributed by atoms with E-state index >= 15 is 0 Å². The van der Waals surface area contributed by atoms with Crippen molar-refractivity contribution >= 4 is 5.78 Å². The molecule has 6 heteroatoms. The van der Waals surface area contributed by atoms with Crippen molar-refractivity contribution in [3.05, 3.63) is 89.3 Å². The van der Waals surface area contributed by atoms with Gasteiger partial charge in [0.1, 0.15) is 5.82 Å². The van der Waals surface area contributed by atoms with Gasteiger partial charge in [-0.05, 0) is 42.0 Å². The monoisotopic (exact) mass is 335 g/mol. The molecule has 3 aromatic rings. The average Bonchev–Trinajstić information content (AvgIpc) is 3.10. The Labute approximate surface area is 143 Å². The Kier molecular flexibility index (Phi) is 4.68. The number of aromatic nitrogens is 2. The first-order valence-corrected chi connectivity index (χ1v) is 7.58. The van der Waals surface area contributed by atoms with Crippen LogP contribution in [-0.2, 0) is 6.54 Å². The van der Waals surface area contributed by atoms with Gasteiger partial charge in [0.15, 0.2) is 5.82 Å². The second-order valence-electron chi connectivity index (χ2n) is 5.49. The van der Waals surface area contributed by atoms with E-state index in [-0.39, 0.29) is 18.2 Å². The molecule has 25 heavy (non-hydrogen) atoms. The van der Waals surface area contributed by atoms with Gasteiger partial charge in [0, 0.05) is 18.0 Å². The Morgan fingerprint density at radius 3 is 2.76 bits per heavy atom. The summed E-state index contributed by atoms with van der Waals surface area (Å²) < 4.78 is 14.5. The van der Waals surface area contributed by atoms with E-state index in [9.17, 15) is 14.3 Å². The minimum Gasteiger partial charge on any atom is -0.387 e. The van der Waals surface area contributed by atoms with Crippen molar-refractivity contribution in [2.45, 2.75) is 12.6 Å². The van der Waals surface area contributed by atoms with Gasteiger partial charge in [0.05, 0.1) is 24.3 Å². The SMILES string of the molecule is N#Cc1cccc(C(O)Cn2ccnc2C(=O)c2ccc(F)cc2)c1. The van der Waals surface area contributed by atoms with Gasteiger partial charge in [0.25, 0.3) is 0 Å². The number of benzene rings is 2. The first-order valence-electron chi connectivity index (χ1n) is 7.58. The number of nitriles is 1. The predicted molar refractivity (Wildman–Crippen MR) is 88.2 cm³/mol. The maximum Gasteiger partial charge on any atom is 0.228 e. The molecular formula is C19H14FN3O2. The van der Waals surface area contributed by atoms with Crippen LogP contribution in [0.15, 0.2) is 60.9 Å². The zero-order valence-electron chi connectivity index (χ0n) is 13.1. The van der Waals surface area contributed by atoms with E-state index < -0.39 is 11.9 Å². The fourth-order valence-corrected chi connectivity index (χ4v) is 2.50. The zero-order chi connectivity index (χ0) is 17.8. The number of hydrogen-bond acceptors (Lipinski definition) is 4. The fraction of sp³-hybridized carbons (Fsp3) is 0.105. The number of ketones is 1. The molecule has 0 bridgehead atoms. The van der Waals surface area contributed by atoms with Crippen molar-refractivity contribution in [1.29, 1.82) is 5.26 Å². The quantitative estimate of drug-likeness (QED) is 0.727. The standard InChI is InChI=1S/C19H14FN3O2/c20-16-6-4-14(5-7-16)18(25)19-22-8-9-23(19)12-17(24)15-3-1-2-13(10-15)11-21/h1-10,17,24H,12H2. The molecule has 1 N–H and O–H groups in total. The van der Waals surface area contributed by atoms with Gasteiger partial charge < -0.3 is 9.67 Å². The maximum absolute atomic E-state index is 13.0. The largest absolute Gasteiger partial charge is 0.387 e. The fourth-order valence-electron chi connectivity index (χ4n) is 2.50. The lowest BCUT2D eigenvalue weighted by atomic mass is 10.1. The molecule has 2 aromatic carbocycles. The van der Waals surface area contributed by atoms with Crippen molar-refractivity contribution in [3.8, 4) is 6.07 Å². The van der Waals surface area contributed by atoms with Gasteiger partial charge in [-0.15, -0.1) is 0 Å². The molecule has 0 radical (unpaired) electrons. The number of rotatable bonds is 5. The summed E-state index contributed by atoms with van der Waals surface area (Å²) in [4.78, 5) is 16.6. The molecule has 0 fully saturated rings. The highest BCUT2D eigenvalue weighted by Gasteiger charge is 2.18. The van der Waals surface area contributed by atoms with Crippen molar-refractivity contribution in [3.63, 3.8) is 0 Å². The highest BCUT2D eigenvalue weighted by atomic mass is 19.1. The van der Waals surface area contributed by atoms with Crippen LogP contribution in [0.2, 0.25) is 0 Å². The van der Waals surface area contributed by atoms with Gasteiger partial charge in [-0.25, -0.2) is 9.37 Å². The summed E-state index contributed by atoms with van der Waals surface area (Å²) in [5.41, 5.74) is 1.34. The molecule has 0 aliphatic carbocycles. The van der Waals surface area contributed by atoms with Crippen LogP contribution in [0.1, 0.15) is 33.4 Å². The lowest BCUT2D eigenvalue weighted by Crippen LogP contribution is -2.15. The molecule has 0 spiro atoms. The molecule has 0 saturated heterocycles. The summed E-state index contributed by atoms with van der Waals surface area (Å²) in [6.07, 6.45) is 2.16. The third-order valence-corrected chi connectivity index (χ3v) is 3.80. The van der Waals surface area contributed by atoms with Gasteiger partial charge in [-0.1, -0.05) is 12.1 Å². The second kappa shape index (κ2) is 7.07. The Morgan fingerprint density at radius 2 is 2.04 bits per heavy atom. The third kappa shape index (κ3) is 3.62. The van der Waals surface area contributed by atoms with E-state index in [4.69, 9.17) is 5.26 Å². The van der Waals surface area contributed by atoms with Crippen LogP contribution in [0, 0.1) is 17.1 Å². The van der Waals surface area contributed by atoms with E-state index in [0.717, 1.165) is 0 Å². The van der Waals surface area contributed by atoms with Crippen LogP contribution in [0.25, 0.3) is 0 Å². The van der Waals surface area contributed by atoms with Crippen molar-refractivity contribution < 1.29 is 14.3 Å². The number of hydrogen-bond donors (Lipinski definition) is 1. The molecule has 0 aliphatic rings. The van der Waals surface area contributed by atoms with Crippen LogP contribution in [0.5, 0.6) is 0 Å². The van der Waals surface area contributed by atoms with E-state index in [1.807, 2.05) is 6.07 Å². The number of imidazole rings is 1. The molecule has 1 aromatic heterocycles. The average molecular weight is 335 g/mol. The molecule has 3 rings (SSSR count). The van der Waals surface area contributed by atoms with Crippen LogP contribution < -0.4 is 0 Å². The van der Waals surface area contributed by atoms with Gasteiger partial charge in [-0.3, -0.25) is 4.79 Å². The Balaban J connectivity index is 1.83. The molecule has 1 atom stereocenters. The number of carbonyl (C=O) groups is 1. The Morgan fingerprint density at radius 1 is 1.28 bits per heavy atom. The van der Waals surface area contributed by atoms with Crippen LogP contribution in [-0.4, -0.2) is 20.4 Å². The summed E-state index contributed by atoms with van der Waals surface area (Å²) in [6, 6.07) is 13.9. The molecule has 0 aliphatic heterocycles. The lowest BCUT2D eigenvalue weighted by molar-refractivity contribution is 0.101. The predicted octanol–water partition coefficient (Wildman–Crippen LogP) is 2.86. The smallest absolute Gasteiger partial charge is 0.228 e. The van der Waals surface area contributed by atoms with Crippen LogP contribution >= 0.6 is 0 Å². The van der Waals surface area contributed by atoms with Crippen molar-refractivity contribution in [2.75, 3.05) is 0 Å². The second-order valence-corrected chi connectivity index (χ2v) is 5.49. The molecule has 124 valence electrons. The van der Waals surface area contributed by atoms with Gasteiger partial charge >= 0.3 is 0 Å².